The summed E-state index contributed by atoms with van der Waals surface area (Å²) in [7, 11) is 0. The van der Waals surface area contributed by atoms with Gasteiger partial charge < -0.3 is 4.57 Å². The maximum atomic E-state index is 2.51. The zero-order valence-electron chi connectivity index (χ0n) is 25.9. The van der Waals surface area contributed by atoms with Crippen LogP contribution < -0.4 is 0 Å². The fraction of sp³-hybridized carbons (Fsp3) is 0. The Morgan fingerprint density at radius 3 is 1.88 bits per heavy atom. The van der Waals surface area contributed by atoms with Crippen molar-refractivity contribution in [2.75, 3.05) is 0 Å². The van der Waals surface area contributed by atoms with Crippen LogP contribution in [0.5, 0.6) is 0 Å². The lowest BCUT2D eigenvalue weighted by Gasteiger charge is -2.14. The van der Waals surface area contributed by atoms with Gasteiger partial charge in [-0.3, -0.25) is 0 Å². The van der Waals surface area contributed by atoms with Crippen molar-refractivity contribution in [1.29, 1.82) is 0 Å². The first kappa shape index (κ1) is 26.1. The molecule has 0 aliphatic rings. The number of hydrogen-bond acceptors (Lipinski definition) is 1. The quantitative estimate of drug-likeness (QED) is 0.168. The minimum Gasteiger partial charge on any atom is -0.309 e. The van der Waals surface area contributed by atoms with Crippen molar-refractivity contribution in [1.82, 2.24) is 4.57 Å². The SMILES string of the molecule is c1ccc2cc(-n3c4ccc(-c5ccc6sc7ccccc7c6c5)cc4c4c5c6ccccc6ccc5c5ccccc5c43)ccc2c1. The van der Waals surface area contributed by atoms with Gasteiger partial charge in [0.1, 0.15) is 0 Å². The number of fused-ring (bicyclic) bond motifs is 14. The van der Waals surface area contributed by atoms with Crippen LogP contribution >= 0.6 is 11.3 Å². The van der Waals surface area contributed by atoms with Gasteiger partial charge >= 0.3 is 0 Å². The minimum absolute atomic E-state index is 1.18. The third-order valence-electron chi connectivity index (χ3n) is 10.3. The largest absolute Gasteiger partial charge is 0.309 e. The van der Waals surface area contributed by atoms with Gasteiger partial charge in [0.15, 0.2) is 0 Å². The second kappa shape index (κ2) is 9.78. The molecule has 2 aromatic heterocycles. The molecule has 0 radical (unpaired) electrons. The Labute approximate surface area is 280 Å². The molecule has 0 aliphatic heterocycles. The van der Waals surface area contributed by atoms with E-state index in [0.717, 1.165) is 0 Å². The van der Waals surface area contributed by atoms with Crippen LogP contribution in [-0.2, 0) is 0 Å². The average molecular weight is 626 g/mol. The van der Waals surface area contributed by atoms with E-state index < -0.39 is 0 Å². The van der Waals surface area contributed by atoms with Crippen molar-refractivity contribution in [3.05, 3.63) is 164 Å². The van der Waals surface area contributed by atoms with E-state index in [0.29, 0.717) is 0 Å². The lowest BCUT2D eigenvalue weighted by molar-refractivity contribution is 1.19. The summed E-state index contributed by atoms with van der Waals surface area (Å²) in [6.07, 6.45) is 0. The van der Waals surface area contributed by atoms with E-state index in [1.54, 1.807) is 0 Å². The zero-order chi connectivity index (χ0) is 31.3. The predicted octanol–water partition coefficient (Wildman–Crippen LogP) is 13.4. The molecule has 0 aliphatic carbocycles. The number of aromatic nitrogens is 1. The topological polar surface area (TPSA) is 4.93 Å². The normalized spacial score (nSPS) is 12.2. The molecular weight excluding hydrogens is 599 g/mol. The molecule has 222 valence electrons. The molecule has 0 saturated carbocycles. The van der Waals surface area contributed by atoms with Gasteiger partial charge in [-0.1, -0.05) is 121 Å². The number of nitrogens with zero attached hydrogens (tertiary/aromatic N) is 1. The molecule has 9 aromatic carbocycles. The second-order valence-corrected chi connectivity index (χ2v) is 14.0. The van der Waals surface area contributed by atoms with Crippen LogP contribution in [0.25, 0.3) is 102 Å². The Bertz CT molecular complexity index is 3120. The van der Waals surface area contributed by atoms with Crippen molar-refractivity contribution in [2.24, 2.45) is 0 Å². The lowest BCUT2D eigenvalue weighted by Crippen LogP contribution is -1.95. The molecule has 0 spiro atoms. The molecule has 11 rings (SSSR count). The first-order valence-electron chi connectivity index (χ1n) is 16.5. The smallest absolute Gasteiger partial charge is 0.0626 e. The Kier molecular flexibility index (Phi) is 5.32. The summed E-state index contributed by atoms with van der Waals surface area (Å²) < 4.78 is 5.18. The van der Waals surface area contributed by atoms with Crippen LogP contribution in [0, 0.1) is 0 Å². The van der Waals surface area contributed by atoms with E-state index in [1.165, 1.54) is 102 Å². The van der Waals surface area contributed by atoms with Crippen molar-refractivity contribution in [2.45, 2.75) is 0 Å². The second-order valence-electron chi connectivity index (χ2n) is 12.9. The first-order valence-corrected chi connectivity index (χ1v) is 17.3. The van der Waals surface area contributed by atoms with Gasteiger partial charge in [-0.25, -0.2) is 0 Å². The summed E-state index contributed by atoms with van der Waals surface area (Å²) in [6, 6.07) is 60.8. The van der Waals surface area contributed by atoms with Gasteiger partial charge in [0.05, 0.1) is 11.0 Å². The molecule has 2 heteroatoms. The molecule has 0 unspecified atom stereocenters. The minimum atomic E-state index is 1.18. The predicted molar refractivity (Wildman–Crippen MR) is 209 cm³/mol. The number of thiophene rings is 1. The van der Waals surface area contributed by atoms with Gasteiger partial charge in [0.2, 0.25) is 0 Å². The number of rotatable bonds is 2. The standard InChI is InChI=1S/C46H27NS/c1-2-11-30-25-33(21-17-28(30)9-1)47-41-23-19-31(32-20-24-43-39(26-32)36-14-7-8-16-42(36)48-43)27-40(41)45-44-34-12-4-3-10-29(34)18-22-37(44)35-13-5-6-15-38(35)46(45)47/h1-27H. The fourth-order valence-corrected chi connectivity index (χ4v) is 9.24. The third kappa shape index (κ3) is 3.61. The molecule has 0 saturated heterocycles. The molecule has 0 fully saturated rings. The van der Waals surface area contributed by atoms with E-state index in [-0.39, 0.29) is 0 Å². The van der Waals surface area contributed by atoms with Crippen molar-refractivity contribution in [3.8, 4) is 16.8 Å². The average Bonchev–Trinajstić information content (AvgIpc) is 3.70. The van der Waals surface area contributed by atoms with E-state index in [2.05, 4.69) is 168 Å². The van der Waals surface area contributed by atoms with E-state index in [4.69, 9.17) is 0 Å². The Morgan fingerprint density at radius 2 is 1.00 bits per heavy atom. The summed E-state index contributed by atoms with van der Waals surface area (Å²) in [5.74, 6) is 0. The summed E-state index contributed by atoms with van der Waals surface area (Å²) in [5.41, 5.74) is 6.14. The van der Waals surface area contributed by atoms with Gasteiger partial charge in [-0.05, 0) is 85.9 Å². The van der Waals surface area contributed by atoms with Crippen molar-refractivity contribution >= 4 is 96.4 Å². The zero-order valence-corrected chi connectivity index (χ0v) is 26.8. The Balaban J connectivity index is 1.32. The highest BCUT2D eigenvalue weighted by Gasteiger charge is 2.21. The number of benzene rings is 9. The van der Waals surface area contributed by atoms with Crippen LogP contribution in [0.1, 0.15) is 0 Å². The van der Waals surface area contributed by atoms with Crippen LogP contribution in [-0.4, -0.2) is 4.57 Å². The van der Waals surface area contributed by atoms with Crippen LogP contribution in [0.3, 0.4) is 0 Å². The van der Waals surface area contributed by atoms with Gasteiger partial charge in [-0.15, -0.1) is 11.3 Å². The van der Waals surface area contributed by atoms with Crippen LogP contribution in [0.4, 0.5) is 0 Å². The molecule has 0 N–H and O–H groups in total. The van der Waals surface area contributed by atoms with Crippen molar-refractivity contribution in [3.63, 3.8) is 0 Å². The Hall–Kier alpha value is -5.96. The van der Waals surface area contributed by atoms with Crippen molar-refractivity contribution < 1.29 is 0 Å². The summed E-state index contributed by atoms with van der Waals surface area (Å²) in [6.45, 7) is 0. The third-order valence-corrected chi connectivity index (χ3v) is 11.5. The maximum absolute atomic E-state index is 2.51. The molecule has 0 atom stereocenters. The van der Waals surface area contributed by atoms with E-state index >= 15 is 0 Å². The highest BCUT2D eigenvalue weighted by molar-refractivity contribution is 7.25. The molecule has 11 aromatic rings. The van der Waals surface area contributed by atoms with Gasteiger partial charge in [-0.2, -0.15) is 0 Å². The Morgan fingerprint density at radius 1 is 0.354 bits per heavy atom. The monoisotopic (exact) mass is 625 g/mol. The highest BCUT2D eigenvalue weighted by atomic mass is 32.1. The summed E-state index contributed by atoms with van der Waals surface area (Å²) in [4.78, 5) is 0. The molecule has 2 heterocycles. The number of hydrogen-bond donors (Lipinski definition) is 0. The maximum Gasteiger partial charge on any atom is 0.0626 e. The van der Waals surface area contributed by atoms with Gasteiger partial charge in [0.25, 0.3) is 0 Å². The first-order chi connectivity index (χ1) is 23.8. The fourth-order valence-electron chi connectivity index (χ4n) is 8.16. The molecule has 48 heavy (non-hydrogen) atoms. The lowest BCUT2D eigenvalue weighted by atomic mass is 9.92. The molecule has 0 amide bonds. The van der Waals surface area contributed by atoms with Crippen LogP contribution in [0.15, 0.2) is 164 Å². The van der Waals surface area contributed by atoms with E-state index in [9.17, 15) is 0 Å². The summed E-state index contributed by atoms with van der Waals surface area (Å²) in [5, 5.41) is 15.5. The molecule has 0 bridgehead atoms. The van der Waals surface area contributed by atoms with E-state index in [1.807, 2.05) is 11.3 Å². The van der Waals surface area contributed by atoms with Gasteiger partial charge in [0, 0.05) is 47.4 Å². The van der Waals surface area contributed by atoms with Crippen LogP contribution in [0.2, 0.25) is 0 Å². The summed E-state index contributed by atoms with van der Waals surface area (Å²) >= 11 is 1.87. The molecule has 1 nitrogen and oxygen atoms in total. The highest BCUT2D eigenvalue weighted by Crippen LogP contribution is 2.46. The molecular formula is C46H27NS.